The van der Waals surface area contributed by atoms with E-state index < -0.39 is 10.8 Å². The quantitative estimate of drug-likeness (QED) is 0.231. The largest absolute Gasteiger partial charge is 0.455 e. The van der Waals surface area contributed by atoms with E-state index in [9.17, 15) is 14.9 Å². The van der Waals surface area contributed by atoms with Gasteiger partial charge in [-0.25, -0.2) is 9.67 Å². The van der Waals surface area contributed by atoms with Gasteiger partial charge in [0.05, 0.1) is 27.4 Å². The third kappa shape index (κ3) is 4.91. The average Bonchev–Trinajstić information content (AvgIpc) is 3.60. The number of anilines is 1. The maximum absolute atomic E-state index is 12.9. The van der Waals surface area contributed by atoms with Crippen LogP contribution in [0.3, 0.4) is 0 Å². The summed E-state index contributed by atoms with van der Waals surface area (Å²) in [6.45, 7) is 1.80. The highest BCUT2D eigenvalue weighted by atomic mass is 35.5. The Morgan fingerprint density at radius 1 is 1.23 bits per heavy atom. The predicted octanol–water partition coefficient (Wildman–Crippen LogP) is 6.26. The number of non-ortho nitro benzene ring substituents is 1. The molecule has 2 aromatic heterocycles. The molecular formula is C24H19Cl2N5O4. The second-order valence-electron chi connectivity index (χ2n) is 8.31. The number of nitrogens with zero attached hydrogens (tertiary/aromatic N) is 4. The summed E-state index contributed by atoms with van der Waals surface area (Å²) in [6, 6.07) is 10.6. The summed E-state index contributed by atoms with van der Waals surface area (Å²) in [7, 11) is 0. The molecule has 1 amide bonds. The van der Waals surface area contributed by atoms with E-state index >= 15 is 0 Å². The van der Waals surface area contributed by atoms with Crippen molar-refractivity contribution in [3.05, 3.63) is 80.1 Å². The minimum atomic E-state index is -0.570. The number of carbonyl (C=O) groups excluding carboxylic acids is 1. The van der Waals surface area contributed by atoms with Gasteiger partial charge in [-0.3, -0.25) is 14.9 Å². The fourth-order valence-electron chi connectivity index (χ4n) is 4.00. The number of nitrogens with one attached hydrogen (secondary N) is 1. The first-order valence-electron chi connectivity index (χ1n) is 10.8. The Kier molecular flexibility index (Phi) is 6.04. The van der Waals surface area contributed by atoms with Gasteiger partial charge in [0.1, 0.15) is 18.0 Å². The van der Waals surface area contributed by atoms with Crippen molar-refractivity contribution in [2.75, 3.05) is 5.32 Å². The van der Waals surface area contributed by atoms with E-state index in [0.29, 0.717) is 16.6 Å². The molecule has 5 rings (SSSR count). The van der Waals surface area contributed by atoms with Gasteiger partial charge in [-0.1, -0.05) is 23.2 Å². The molecular weight excluding hydrogens is 493 g/mol. The highest BCUT2D eigenvalue weighted by Crippen LogP contribution is 2.43. The fourth-order valence-corrected chi connectivity index (χ4v) is 4.44. The lowest BCUT2D eigenvalue weighted by Crippen LogP contribution is -2.20. The van der Waals surface area contributed by atoms with Crippen molar-refractivity contribution >= 4 is 51.5 Å². The zero-order valence-corrected chi connectivity index (χ0v) is 20.0. The number of amides is 1. The lowest BCUT2D eigenvalue weighted by atomic mass is 10.1. The maximum Gasteiger partial charge on any atom is 0.275 e. The van der Waals surface area contributed by atoms with Crippen LogP contribution < -0.4 is 10.1 Å². The second kappa shape index (κ2) is 9.16. The Bertz CT molecular complexity index is 1480. The zero-order chi connectivity index (χ0) is 24.7. The molecule has 11 heteroatoms. The number of rotatable bonds is 7. The summed E-state index contributed by atoms with van der Waals surface area (Å²) in [4.78, 5) is 28.2. The third-order valence-corrected chi connectivity index (χ3v) is 6.19. The summed E-state index contributed by atoms with van der Waals surface area (Å²) in [6.07, 6.45) is 4.02. The van der Waals surface area contributed by atoms with Crippen LogP contribution in [0.25, 0.3) is 11.0 Å². The number of nitro groups is 1. The fraction of sp³-hybridized carbons (Fsp3) is 0.208. The van der Waals surface area contributed by atoms with Gasteiger partial charge in [0.15, 0.2) is 5.65 Å². The number of halogens is 2. The molecule has 1 saturated carbocycles. The van der Waals surface area contributed by atoms with Crippen LogP contribution in [0.5, 0.6) is 11.5 Å². The number of fused-ring (bicyclic) bond motifs is 1. The Balaban J connectivity index is 1.39. The molecule has 1 aliphatic carbocycles. The Morgan fingerprint density at radius 2 is 2.03 bits per heavy atom. The number of ether oxygens (including phenoxy) is 1. The molecule has 0 saturated heterocycles. The number of aromatic nitrogens is 3. The molecule has 0 unspecified atom stereocenters. The number of hydrogen-bond donors (Lipinski definition) is 1. The molecule has 1 fully saturated rings. The summed E-state index contributed by atoms with van der Waals surface area (Å²) in [5.74, 6) is 0.506. The number of pyridine rings is 1. The molecule has 1 aliphatic rings. The van der Waals surface area contributed by atoms with Crippen LogP contribution in [-0.2, 0) is 11.3 Å². The van der Waals surface area contributed by atoms with E-state index in [1.165, 1.54) is 29.8 Å². The maximum atomic E-state index is 12.9. The van der Waals surface area contributed by atoms with Crippen molar-refractivity contribution in [1.82, 2.24) is 14.8 Å². The van der Waals surface area contributed by atoms with Crippen LogP contribution in [0.15, 0.2) is 48.7 Å². The first-order chi connectivity index (χ1) is 16.8. The summed E-state index contributed by atoms with van der Waals surface area (Å²) in [5.41, 5.74) is 2.61. The number of hydrogen-bond acceptors (Lipinski definition) is 6. The van der Waals surface area contributed by atoms with E-state index in [0.717, 1.165) is 23.9 Å². The first-order valence-corrected chi connectivity index (χ1v) is 11.6. The van der Waals surface area contributed by atoms with Gasteiger partial charge in [-0.05, 0) is 55.5 Å². The van der Waals surface area contributed by atoms with Crippen molar-refractivity contribution in [2.45, 2.75) is 32.2 Å². The summed E-state index contributed by atoms with van der Waals surface area (Å²) >= 11 is 12.1. The normalized spacial score (nSPS) is 13.1. The van der Waals surface area contributed by atoms with E-state index in [4.69, 9.17) is 27.9 Å². The standard InChI is InChI=1S/C24H19Cl2N5O4/c1-13-23-19(14-2-3-14)6-7-27-24(23)30(29-13)12-22(32)28-16-9-17(31(33)34)11-18(10-16)35-21-5-4-15(25)8-20(21)26/h4-11,14H,2-3,12H2,1H3,(H,28,32). The second-order valence-corrected chi connectivity index (χ2v) is 9.16. The SMILES string of the molecule is Cc1nn(CC(=O)Nc2cc(Oc3ccc(Cl)cc3Cl)cc([N+](=O)[O-])c2)c2nccc(C3CC3)c12. The summed E-state index contributed by atoms with van der Waals surface area (Å²) < 4.78 is 7.27. The zero-order valence-electron chi connectivity index (χ0n) is 18.5. The average molecular weight is 512 g/mol. The Hall–Kier alpha value is -3.69. The van der Waals surface area contributed by atoms with Crippen LogP contribution in [0, 0.1) is 17.0 Å². The van der Waals surface area contributed by atoms with Gasteiger partial charge in [0.25, 0.3) is 5.69 Å². The molecule has 35 heavy (non-hydrogen) atoms. The highest BCUT2D eigenvalue weighted by Gasteiger charge is 2.28. The highest BCUT2D eigenvalue weighted by molar-refractivity contribution is 6.35. The van der Waals surface area contributed by atoms with Crippen molar-refractivity contribution in [3.63, 3.8) is 0 Å². The van der Waals surface area contributed by atoms with Crippen LogP contribution in [0.2, 0.25) is 10.0 Å². The smallest absolute Gasteiger partial charge is 0.275 e. The lowest BCUT2D eigenvalue weighted by Gasteiger charge is -2.11. The summed E-state index contributed by atoms with van der Waals surface area (Å²) in [5, 5.41) is 20.3. The Labute approximate surface area is 209 Å². The molecule has 0 aliphatic heterocycles. The Morgan fingerprint density at radius 3 is 2.74 bits per heavy atom. The number of nitro benzene ring substituents is 1. The molecule has 0 spiro atoms. The number of carbonyl (C=O) groups is 1. The van der Waals surface area contributed by atoms with E-state index in [1.807, 2.05) is 13.0 Å². The van der Waals surface area contributed by atoms with Crippen molar-refractivity contribution < 1.29 is 14.5 Å². The molecule has 4 aromatic rings. The monoisotopic (exact) mass is 511 g/mol. The van der Waals surface area contributed by atoms with Gasteiger partial charge in [-0.15, -0.1) is 0 Å². The van der Waals surface area contributed by atoms with Crippen LogP contribution in [-0.4, -0.2) is 25.6 Å². The van der Waals surface area contributed by atoms with Crippen LogP contribution >= 0.6 is 23.2 Å². The van der Waals surface area contributed by atoms with Gasteiger partial charge in [0, 0.05) is 28.7 Å². The number of aryl methyl sites for hydroxylation is 1. The van der Waals surface area contributed by atoms with Crippen LogP contribution in [0.1, 0.15) is 30.0 Å². The van der Waals surface area contributed by atoms with Gasteiger partial charge in [-0.2, -0.15) is 5.10 Å². The first kappa shape index (κ1) is 23.1. The third-order valence-electron chi connectivity index (χ3n) is 5.66. The number of benzene rings is 2. The molecule has 0 radical (unpaired) electrons. The van der Waals surface area contributed by atoms with Crippen molar-refractivity contribution in [1.29, 1.82) is 0 Å². The lowest BCUT2D eigenvalue weighted by molar-refractivity contribution is -0.384. The minimum Gasteiger partial charge on any atom is -0.455 e. The van der Waals surface area contributed by atoms with Crippen LogP contribution in [0.4, 0.5) is 11.4 Å². The molecule has 9 nitrogen and oxygen atoms in total. The molecule has 0 atom stereocenters. The molecule has 2 aromatic carbocycles. The molecule has 1 N–H and O–H groups in total. The van der Waals surface area contributed by atoms with Gasteiger partial charge < -0.3 is 10.1 Å². The minimum absolute atomic E-state index is 0.104. The van der Waals surface area contributed by atoms with E-state index in [1.54, 1.807) is 23.0 Å². The molecule has 2 heterocycles. The molecule has 178 valence electrons. The topological polar surface area (TPSA) is 112 Å². The van der Waals surface area contributed by atoms with Gasteiger partial charge in [0.2, 0.25) is 5.91 Å². The predicted molar refractivity (Wildman–Crippen MR) is 133 cm³/mol. The molecule has 0 bridgehead atoms. The van der Waals surface area contributed by atoms with Gasteiger partial charge >= 0.3 is 0 Å². The van der Waals surface area contributed by atoms with Crippen molar-refractivity contribution in [2.24, 2.45) is 0 Å². The van der Waals surface area contributed by atoms with E-state index in [2.05, 4.69) is 15.4 Å². The van der Waals surface area contributed by atoms with Crippen molar-refractivity contribution in [3.8, 4) is 11.5 Å². The van der Waals surface area contributed by atoms with E-state index in [-0.39, 0.29) is 34.4 Å².